The fourth-order valence-corrected chi connectivity index (χ4v) is 3.18. The van der Waals surface area contributed by atoms with Gasteiger partial charge in [0.05, 0.1) is 11.5 Å². The summed E-state index contributed by atoms with van der Waals surface area (Å²) in [6, 6.07) is 11.2. The molecule has 17 heavy (non-hydrogen) atoms. The maximum absolute atomic E-state index is 9.51. The highest BCUT2D eigenvalue weighted by molar-refractivity contribution is 9.09. The molecule has 0 radical (unpaired) electrons. The number of aryl methyl sites for hydroxylation is 1. The Balaban J connectivity index is 2.22. The van der Waals surface area contributed by atoms with E-state index in [1.54, 1.807) is 0 Å². The first-order valence-corrected chi connectivity index (χ1v) is 7.49. The SMILES string of the molecule is N#CC1(c2ccc(CCBr)cc2)CCCCC1. The third-order valence-corrected chi connectivity index (χ3v) is 4.21. The minimum absolute atomic E-state index is 0.203. The second kappa shape index (κ2) is 5.69. The predicted molar refractivity (Wildman–Crippen MR) is 74.3 cm³/mol. The summed E-state index contributed by atoms with van der Waals surface area (Å²) in [4.78, 5) is 0. The molecule has 0 bridgehead atoms. The number of rotatable bonds is 3. The van der Waals surface area contributed by atoms with Gasteiger partial charge < -0.3 is 0 Å². The molecule has 0 unspecified atom stereocenters. The molecule has 0 aliphatic heterocycles. The summed E-state index contributed by atoms with van der Waals surface area (Å²) >= 11 is 3.45. The second-order valence-corrected chi connectivity index (χ2v) is 5.68. The van der Waals surface area contributed by atoms with E-state index >= 15 is 0 Å². The van der Waals surface area contributed by atoms with Crippen LogP contribution in [0.5, 0.6) is 0 Å². The number of benzene rings is 1. The molecule has 2 rings (SSSR count). The van der Waals surface area contributed by atoms with Gasteiger partial charge in [-0.2, -0.15) is 5.26 Å². The van der Waals surface area contributed by atoms with Crippen molar-refractivity contribution in [3.8, 4) is 6.07 Å². The zero-order valence-corrected chi connectivity index (χ0v) is 11.7. The normalized spacial score (nSPS) is 18.6. The average molecular weight is 292 g/mol. The van der Waals surface area contributed by atoms with Crippen molar-refractivity contribution in [3.63, 3.8) is 0 Å². The van der Waals surface area contributed by atoms with E-state index in [2.05, 4.69) is 46.3 Å². The monoisotopic (exact) mass is 291 g/mol. The maximum atomic E-state index is 9.51. The van der Waals surface area contributed by atoms with Gasteiger partial charge in [-0.05, 0) is 30.4 Å². The highest BCUT2D eigenvalue weighted by Crippen LogP contribution is 2.38. The van der Waals surface area contributed by atoms with E-state index in [9.17, 15) is 5.26 Å². The largest absolute Gasteiger partial charge is 0.197 e. The number of nitrogens with zero attached hydrogens (tertiary/aromatic N) is 1. The lowest BCUT2D eigenvalue weighted by Crippen LogP contribution is -2.26. The Morgan fingerprint density at radius 3 is 2.29 bits per heavy atom. The fraction of sp³-hybridized carbons (Fsp3) is 0.533. The number of hydrogen-bond donors (Lipinski definition) is 0. The van der Waals surface area contributed by atoms with E-state index < -0.39 is 0 Å². The Morgan fingerprint density at radius 1 is 1.12 bits per heavy atom. The van der Waals surface area contributed by atoms with Crippen LogP contribution in [-0.2, 0) is 11.8 Å². The van der Waals surface area contributed by atoms with Crippen molar-refractivity contribution < 1.29 is 0 Å². The minimum Gasteiger partial charge on any atom is -0.197 e. The summed E-state index contributed by atoms with van der Waals surface area (Å²) < 4.78 is 0. The lowest BCUT2D eigenvalue weighted by molar-refractivity contribution is 0.366. The summed E-state index contributed by atoms with van der Waals surface area (Å²) in [5.74, 6) is 0. The quantitative estimate of drug-likeness (QED) is 0.760. The van der Waals surface area contributed by atoms with Crippen LogP contribution in [0.15, 0.2) is 24.3 Å². The number of nitriles is 1. The highest BCUT2D eigenvalue weighted by atomic mass is 79.9. The first kappa shape index (κ1) is 12.6. The van der Waals surface area contributed by atoms with Crippen molar-refractivity contribution in [2.24, 2.45) is 0 Å². The van der Waals surface area contributed by atoms with Crippen molar-refractivity contribution in [2.75, 3.05) is 5.33 Å². The second-order valence-electron chi connectivity index (χ2n) is 4.89. The van der Waals surface area contributed by atoms with Gasteiger partial charge in [0.25, 0.3) is 0 Å². The summed E-state index contributed by atoms with van der Waals surface area (Å²) in [6.07, 6.45) is 6.78. The molecule has 1 saturated carbocycles. The molecule has 0 N–H and O–H groups in total. The van der Waals surface area contributed by atoms with Crippen molar-refractivity contribution in [3.05, 3.63) is 35.4 Å². The van der Waals surface area contributed by atoms with E-state index in [4.69, 9.17) is 0 Å². The molecular formula is C15H18BrN. The standard InChI is InChI=1S/C15H18BrN/c16-11-8-13-4-6-14(7-5-13)15(12-17)9-2-1-3-10-15/h4-7H,1-3,8-11H2. The van der Waals surface area contributed by atoms with Crippen molar-refractivity contribution in [1.82, 2.24) is 0 Å². The van der Waals surface area contributed by atoms with Crippen LogP contribution in [0.2, 0.25) is 0 Å². The summed E-state index contributed by atoms with van der Waals surface area (Å²) in [6.45, 7) is 0. The molecule has 90 valence electrons. The Morgan fingerprint density at radius 2 is 1.76 bits per heavy atom. The van der Waals surface area contributed by atoms with Crippen molar-refractivity contribution in [1.29, 1.82) is 5.26 Å². The predicted octanol–water partition coefficient (Wildman–Crippen LogP) is 4.35. The highest BCUT2D eigenvalue weighted by Gasteiger charge is 2.33. The van der Waals surface area contributed by atoms with E-state index in [1.807, 2.05) is 0 Å². The summed E-state index contributed by atoms with van der Waals surface area (Å²) in [7, 11) is 0. The zero-order chi connectivity index (χ0) is 12.1. The molecule has 0 heterocycles. The lowest BCUT2D eigenvalue weighted by Gasteiger charge is -2.31. The molecular weight excluding hydrogens is 274 g/mol. The number of hydrogen-bond acceptors (Lipinski definition) is 1. The van der Waals surface area contributed by atoms with Gasteiger partial charge >= 0.3 is 0 Å². The molecule has 1 fully saturated rings. The van der Waals surface area contributed by atoms with Gasteiger partial charge in [-0.3, -0.25) is 0 Å². The van der Waals surface area contributed by atoms with Gasteiger partial charge in [-0.1, -0.05) is 59.5 Å². The fourth-order valence-electron chi connectivity index (χ4n) is 2.72. The number of alkyl halides is 1. The maximum Gasteiger partial charge on any atom is 0.0822 e. The third kappa shape index (κ3) is 2.72. The molecule has 0 saturated heterocycles. The van der Waals surface area contributed by atoms with Crippen LogP contribution in [0.25, 0.3) is 0 Å². The van der Waals surface area contributed by atoms with Gasteiger partial charge in [0.2, 0.25) is 0 Å². The van der Waals surface area contributed by atoms with Crippen molar-refractivity contribution >= 4 is 15.9 Å². The Bertz CT molecular complexity index is 396. The van der Waals surface area contributed by atoms with Crippen LogP contribution in [0.1, 0.15) is 43.2 Å². The van der Waals surface area contributed by atoms with Crippen LogP contribution in [0, 0.1) is 11.3 Å². The summed E-state index contributed by atoms with van der Waals surface area (Å²) in [5, 5.41) is 10.5. The Labute approximate surface area is 112 Å². The molecule has 0 atom stereocenters. The topological polar surface area (TPSA) is 23.8 Å². The molecule has 0 amide bonds. The van der Waals surface area contributed by atoms with Crippen LogP contribution in [-0.4, -0.2) is 5.33 Å². The third-order valence-electron chi connectivity index (χ3n) is 3.81. The van der Waals surface area contributed by atoms with Gasteiger partial charge in [0, 0.05) is 5.33 Å². The molecule has 1 aromatic carbocycles. The molecule has 2 heteroatoms. The smallest absolute Gasteiger partial charge is 0.0822 e. The first-order valence-electron chi connectivity index (χ1n) is 6.37. The molecule has 1 aliphatic carbocycles. The van der Waals surface area contributed by atoms with E-state index in [0.29, 0.717) is 0 Å². The average Bonchev–Trinajstić information content (AvgIpc) is 2.41. The minimum atomic E-state index is -0.203. The molecule has 1 nitrogen and oxygen atoms in total. The molecule has 0 aromatic heterocycles. The van der Waals surface area contributed by atoms with Crippen LogP contribution in [0.4, 0.5) is 0 Å². The van der Waals surface area contributed by atoms with Crippen LogP contribution in [0.3, 0.4) is 0 Å². The van der Waals surface area contributed by atoms with Gasteiger partial charge in [-0.25, -0.2) is 0 Å². The lowest BCUT2D eigenvalue weighted by atomic mass is 9.70. The van der Waals surface area contributed by atoms with Gasteiger partial charge in [0.1, 0.15) is 0 Å². The van der Waals surface area contributed by atoms with Crippen LogP contribution >= 0.6 is 15.9 Å². The van der Waals surface area contributed by atoms with E-state index in [-0.39, 0.29) is 5.41 Å². The van der Waals surface area contributed by atoms with Crippen LogP contribution < -0.4 is 0 Å². The van der Waals surface area contributed by atoms with E-state index in [1.165, 1.54) is 30.4 Å². The number of halogens is 1. The van der Waals surface area contributed by atoms with Gasteiger partial charge in [0.15, 0.2) is 0 Å². The van der Waals surface area contributed by atoms with Crippen molar-refractivity contribution in [2.45, 2.75) is 43.9 Å². The molecule has 1 aromatic rings. The first-order chi connectivity index (χ1) is 8.30. The Kier molecular flexibility index (Phi) is 4.23. The van der Waals surface area contributed by atoms with Gasteiger partial charge in [-0.15, -0.1) is 0 Å². The Hall–Kier alpha value is -0.810. The van der Waals surface area contributed by atoms with E-state index in [0.717, 1.165) is 24.6 Å². The zero-order valence-electron chi connectivity index (χ0n) is 10.1. The molecule has 1 aliphatic rings. The molecule has 0 spiro atoms. The summed E-state index contributed by atoms with van der Waals surface area (Å²) in [5.41, 5.74) is 2.36.